The van der Waals surface area contributed by atoms with Crippen molar-refractivity contribution in [1.82, 2.24) is 0 Å². The molecule has 0 aliphatic carbocycles. The first kappa shape index (κ1) is 16.1. The van der Waals surface area contributed by atoms with Crippen molar-refractivity contribution in [2.45, 2.75) is 65.8 Å². The molecule has 2 aliphatic heterocycles. The van der Waals surface area contributed by atoms with Gasteiger partial charge in [-0.05, 0) is 75.9 Å². The molecule has 0 radical (unpaired) electrons. The first-order valence-electron chi connectivity index (χ1n) is 9.77. The average Bonchev–Trinajstić information content (AvgIpc) is 2.87. The number of pyridine rings is 1. The highest BCUT2D eigenvalue weighted by atomic mass is 15.1. The molecule has 1 heteroatoms. The van der Waals surface area contributed by atoms with Gasteiger partial charge in [0.25, 0.3) is 0 Å². The lowest BCUT2D eigenvalue weighted by molar-refractivity contribution is -0.734. The van der Waals surface area contributed by atoms with E-state index in [-0.39, 0.29) is 11.0 Å². The highest BCUT2D eigenvalue weighted by Crippen LogP contribution is 2.52. The minimum Gasteiger partial charge on any atom is -0.185 e. The van der Waals surface area contributed by atoms with Crippen LogP contribution in [0, 0.1) is 27.7 Å². The zero-order valence-electron chi connectivity index (χ0n) is 17.0. The molecule has 0 fully saturated rings. The van der Waals surface area contributed by atoms with Crippen molar-refractivity contribution in [1.29, 1.82) is 0 Å². The van der Waals surface area contributed by atoms with Crippen LogP contribution in [0.1, 0.15) is 54.2 Å². The van der Waals surface area contributed by atoms with E-state index in [9.17, 15) is 0 Å². The molecule has 0 spiro atoms. The zero-order valence-corrected chi connectivity index (χ0v) is 17.0. The van der Waals surface area contributed by atoms with Crippen molar-refractivity contribution in [2.75, 3.05) is 0 Å². The number of aryl methyl sites for hydroxylation is 4. The third-order valence-electron chi connectivity index (χ3n) is 7.50. The predicted octanol–water partition coefficient (Wildman–Crippen LogP) is 5.59. The van der Waals surface area contributed by atoms with Crippen LogP contribution in [0.4, 0.5) is 0 Å². The Morgan fingerprint density at radius 2 is 1.58 bits per heavy atom. The maximum atomic E-state index is 2.69. The van der Waals surface area contributed by atoms with Crippen LogP contribution in [0.2, 0.25) is 0 Å². The van der Waals surface area contributed by atoms with E-state index in [2.05, 4.69) is 83.4 Å². The second-order valence-electron chi connectivity index (χ2n) is 9.39. The predicted molar refractivity (Wildman–Crippen MR) is 109 cm³/mol. The molecule has 5 rings (SSSR count). The summed E-state index contributed by atoms with van der Waals surface area (Å²) in [6.45, 7) is 16.5. The van der Waals surface area contributed by atoms with Crippen LogP contribution in [0.25, 0.3) is 22.2 Å². The maximum Gasteiger partial charge on any atom is 0.217 e. The van der Waals surface area contributed by atoms with E-state index in [1.807, 2.05) is 0 Å². The fourth-order valence-electron chi connectivity index (χ4n) is 5.90. The quantitative estimate of drug-likeness (QED) is 0.469. The van der Waals surface area contributed by atoms with Crippen LogP contribution in [-0.4, -0.2) is 0 Å². The topological polar surface area (TPSA) is 3.88 Å². The summed E-state index contributed by atoms with van der Waals surface area (Å²) in [7, 11) is 0. The van der Waals surface area contributed by atoms with Crippen molar-refractivity contribution in [3.63, 3.8) is 0 Å². The Morgan fingerprint density at radius 3 is 2.31 bits per heavy atom. The molecule has 3 aromatic rings. The lowest BCUT2D eigenvalue weighted by Gasteiger charge is -2.43. The Kier molecular flexibility index (Phi) is 2.82. The lowest BCUT2D eigenvalue weighted by atomic mass is 9.62. The lowest BCUT2D eigenvalue weighted by Crippen LogP contribution is -2.66. The van der Waals surface area contributed by atoms with Crippen LogP contribution in [-0.2, 0) is 17.4 Å². The monoisotopic (exact) mass is 342 g/mol. The second kappa shape index (κ2) is 4.57. The molecule has 26 heavy (non-hydrogen) atoms. The Hall–Kier alpha value is -2.15. The molecule has 2 aliphatic rings. The van der Waals surface area contributed by atoms with E-state index in [1.165, 1.54) is 50.0 Å². The summed E-state index contributed by atoms with van der Waals surface area (Å²) in [6.07, 6.45) is 1.12. The molecule has 0 amide bonds. The molecular weight excluding hydrogens is 314 g/mol. The number of hydrogen-bond donors (Lipinski definition) is 0. The zero-order chi connectivity index (χ0) is 18.6. The highest BCUT2D eigenvalue weighted by molar-refractivity contribution is 5.87. The van der Waals surface area contributed by atoms with Crippen molar-refractivity contribution in [2.24, 2.45) is 0 Å². The summed E-state index contributed by atoms with van der Waals surface area (Å²) in [5.41, 5.74) is 13.1. The van der Waals surface area contributed by atoms with Gasteiger partial charge >= 0.3 is 0 Å². The van der Waals surface area contributed by atoms with Crippen LogP contribution in [0.3, 0.4) is 0 Å². The summed E-state index contributed by atoms with van der Waals surface area (Å²) in [5, 5.41) is 1.42. The summed E-state index contributed by atoms with van der Waals surface area (Å²) in [4.78, 5) is 0. The summed E-state index contributed by atoms with van der Waals surface area (Å²) in [5.74, 6) is 0. The van der Waals surface area contributed by atoms with Gasteiger partial charge in [-0.2, -0.15) is 4.57 Å². The molecule has 3 heterocycles. The third-order valence-corrected chi connectivity index (χ3v) is 7.50. The smallest absolute Gasteiger partial charge is 0.185 e. The fraction of sp³-hybridized carbons (Fsp3) is 0.400. The van der Waals surface area contributed by atoms with Crippen LogP contribution in [0.5, 0.6) is 0 Å². The number of hydrogen-bond acceptors (Lipinski definition) is 0. The Morgan fingerprint density at radius 1 is 0.846 bits per heavy atom. The minimum atomic E-state index is 0.0652. The van der Waals surface area contributed by atoms with Gasteiger partial charge in [0.2, 0.25) is 11.2 Å². The standard InChI is InChI=1S/C25H28N/c1-14-10-17(4)22-19(11-14)21-12-16(3)18-9-8-15(2)20-13-25(7,24(22,5)6)26(21)23(18)20/h8-12H,13H2,1-7H3/q+1. The third kappa shape index (κ3) is 1.61. The molecule has 1 unspecified atom stereocenters. The summed E-state index contributed by atoms with van der Waals surface area (Å²) >= 11 is 0. The molecule has 0 bridgehead atoms. The van der Waals surface area contributed by atoms with Crippen molar-refractivity contribution in [3.8, 4) is 11.3 Å². The van der Waals surface area contributed by atoms with Crippen molar-refractivity contribution < 1.29 is 4.57 Å². The van der Waals surface area contributed by atoms with Gasteiger partial charge < -0.3 is 0 Å². The van der Waals surface area contributed by atoms with Gasteiger partial charge in [-0.25, -0.2) is 0 Å². The summed E-state index contributed by atoms with van der Waals surface area (Å²) in [6, 6.07) is 11.8. The molecular formula is C25H28N+. The average molecular weight is 343 g/mol. The number of rotatable bonds is 0. The number of nitrogens with zero attached hydrogens (tertiary/aromatic N) is 1. The Balaban J connectivity index is 2.06. The number of aromatic nitrogens is 1. The SMILES string of the molecule is Cc1cc(C)c2c(c1)-c1cc(C)c3ccc(C)c4c3[n+]1C(C)(C4)C2(C)C. The van der Waals surface area contributed by atoms with E-state index in [0.717, 1.165) is 6.42 Å². The van der Waals surface area contributed by atoms with Crippen molar-refractivity contribution in [3.05, 3.63) is 63.7 Å². The summed E-state index contributed by atoms with van der Waals surface area (Å²) < 4.78 is 2.69. The van der Waals surface area contributed by atoms with Gasteiger partial charge in [0, 0.05) is 30.4 Å². The van der Waals surface area contributed by atoms with Crippen LogP contribution >= 0.6 is 0 Å². The molecule has 1 aromatic heterocycles. The number of benzene rings is 2. The molecule has 2 aromatic carbocycles. The first-order chi connectivity index (χ1) is 12.2. The molecule has 1 nitrogen and oxygen atoms in total. The Bertz CT molecular complexity index is 1130. The largest absolute Gasteiger partial charge is 0.217 e. The van der Waals surface area contributed by atoms with Crippen LogP contribution in [0.15, 0.2) is 30.3 Å². The van der Waals surface area contributed by atoms with E-state index in [0.29, 0.717) is 0 Å². The van der Waals surface area contributed by atoms with E-state index in [4.69, 9.17) is 0 Å². The van der Waals surface area contributed by atoms with Gasteiger partial charge in [-0.3, -0.25) is 0 Å². The minimum absolute atomic E-state index is 0.0652. The maximum absolute atomic E-state index is 2.69. The molecule has 132 valence electrons. The van der Waals surface area contributed by atoms with E-state index >= 15 is 0 Å². The van der Waals surface area contributed by atoms with Gasteiger partial charge in [-0.1, -0.05) is 17.7 Å². The van der Waals surface area contributed by atoms with Gasteiger partial charge in [-0.15, -0.1) is 0 Å². The van der Waals surface area contributed by atoms with Gasteiger partial charge in [0.1, 0.15) is 0 Å². The fourth-order valence-corrected chi connectivity index (χ4v) is 5.90. The van der Waals surface area contributed by atoms with Gasteiger partial charge in [0.15, 0.2) is 5.54 Å². The molecule has 0 N–H and O–H groups in total. The van der Waals surface area contributed by atoms with Crippen LogP contribution < -0.4 is 4.57 Å². The molecule has 0 saturated carbocycles. The van der Waals surface area contributed by atoms with Crippen molar-refractivity contribution >= 4 is 10.9 Å². The Labute approximate surface area is 156 Å². The van der Waals surface area contributed by atoms with E-state index < -0.39 is 0 Å². The second-order valence-corrected chi connectivity index (χ2v) is 9.39. The molecule has 1 atom stereocenters. The normalized spacial score (nSPS) is 22.0. The number of fused-ring (bicyclic) bond motifs is 2. The van der Waals surface area contributed by atoms with Gasteiger partial charge in [0.05, 0.1) is 11.0 Å². The molecule has 0 saturated heterocycles. The van der Waals surface area contributed by atoms with E-state index in [1.54, 1.807) is 5.56 Å². The highest BCUT2D eigenvalue weighted by Gasteiger charge is 2.60. The first-order valence-corrected chi connectivity index (χ1v) is 9.77.